The fourth-order valence-corrected chi connectivity index (χ4v) is 1.47. The lowest BCUT2D eigenvalue weighted by Crippen LogP contribution is -2.50. The molecule has 3 atom stereocenters. The number of alkyl halides is 2. The molecule has 12 heteroatoms. The van der Waals surface area contributed by atoms with Crippen molar-refractivity contribution in [1.29, 1.82) is 0 Å². The van der Waals surface area contributed by atoms with Crippen molar-refractivity contribution < 1.29 is 24.1 Å². The molecule has 1 rings (SSSR count). The minimum atomic E-state index is -4.30. The highest BCUT2D eigenvalue weighted by Crippen LogP contribution is 2.32. The number of nitrogens with zero attached hydrogens (tertiary/aromatic N) is 5. The summed E-state index contributed by atoms with van der Waals surface area (Å²) in [6, 6.07) is -0.915. The van der Waals surface area contributed by atoms with E-state index in [1.54, 1.807) is 0 Å². The molecule has 0 aliphatic rings. The third kappa shape index (κ3) is 3.44. The predicted molar refractivity (Wildman–Crippen MR) is 65.1 cm³/mol. The molecule has 1 aromatic rings. The zero-order valence-electron chi connectivity index (χ0n) is 10.4. The Morgan fingerprint density at radius 3 is 2.67 bits per heavy atom. The molecule has 0 aliphatic heterocycles. The van der Waals surface area contributed by atoms with Gasteiger partial charge in [0.25, 0.3) is 0 Å². The van der Waals surface area contributed by atoms with Crippen LogP contribution < -0.4 is 11.4 Å². The van der Waals surface area contributed by atoms with Crippen molar-refractivity contribution in [1.82, 2.24) is 9.55 Å². The molecule has 0 saturated carbocycles. The highest BCUT2D eigenvalue weighted by atomic mass is 19.3. The Hall–Kier alpha value is -2.27. The molecule has 116 valence electrons. The first-order valence-corrected chi connectivity index (χ1v) is 5.49. The van der Waals surface area contributed by atoms with Gasteiger partial charge in [-0.25, -0.2) is 4.79 Å². The smallest absolute Gasteiger partial charge is 0.351 e. The van der Waals surface area contributed by atoms with Crippen LogP contribution in [-0.4, -0.2) is 49.5 Å². The molecule has 5 N–H and O–H groups in total. The van der Waals surface area contributed by atoms with E-state index in [2.05, 4.69) is 15.0 Å². The molecule has 10 nitrogen and oxygen atoms in total. The maximum absolute atomic E-state index is 13.9. The first kappa shape index (κ1) is 16.8. The molecule has 0 amide bonds. The van der Waals surface area contributed by atoms with Gasteiger partial charge in [0.1, 0.15) is 11.9 Å². The molecule has 0 spiro atoms. The van der Waals surface area contributed by atoms with E-state index in [0.717, 1.165) is 12.3 Å². The second-order valence-electron chi connectivity index (χ2n) is 3.99. The van der Waals surface area contributed by atoms with Crippen LogP contribution in [0.15, 0.2) is 22.2 Å². The van der Waals surface area contributed by atoms with Gasteiger partial charge in [0.2, 0.25) is 6.23 Å². The summed E-state index contributed by atoms with van der Waals surface area (Å²) in [7, 11) is 0. The van der Waals surface area contributed by atoms with Gasteiger partial charge in [0, 0.05) is 11.1 Å². The van der Waals surface area contributed by atoms with Crippen molar-refractivity contribution in [3.05, 3.63) is 33.2 Å². The Morgan fingerprint density at radius 1 is 1.57 bits per heavy atom. The number of halogens is 2. The monoisotopic (exact) mass is 306 g/mol. The number of aliphatic hydroxyl groups is 3. The fourth-order valence-electron chi connectivity index (χ4n) is 1.47. The van der Waals surface area contributed by atoms with E-state index >= 15 is 0 Å². The highest BCUT2D eigenvalue weighted by molar-refractivity contribution is 5.23. The van der Waals surface area contributed by atoms with E-state index in [9.17, 15) is 23.8 Å². The number of anilines is 1. The first-order valence-electron chi connectivity index (χ1n) is 5.49. The van der Waals surface area contributed by atoms with Crippen molar-refractivity contribution in [3.63, 3.8) is 0 Å². The van der Waals surface area contributed by atoms with Gasteiger partial charge in [-0.05, 0) is 11.6 Å². The van der Waals surface area contributed by atoms with Gasteiger partial charge in [-0.2, -0.15) is 13.8 Å². The summed E-state index contributed by atoms with van der Waals surface area (Å²) >= 11 is 0. The third-order valence-corrected chi connectivity index (χ3v) is 2.61. The van der Waals surface area contributed by atoms with Gasteiger partial charge < -0.3 is 21.1 Å². The molecular weight excluding hydrogens is 294 g/mol. The molecule has 0 unspecified atom stereocenters. The maximum atomic E-state index is 13.9. The van der Waals surface area contributed by atoms with E-state index in [0.29, 0.717) is 0 Å². The molecule has 21 heavy (non-hydrogen) atoms. The van der Waals surface area contributed by atoms with Gasteiger partial charge in [-0.3, -0.25) is 4.57 Å². The number of aliphatic hydroxyl groups excluding tert-OH is 3. The zero-order valence-corrected chi connectivity index (χ0v) is 10.4. The Bertz CT molecular complexity index is 602. The number of nitrogens with two attached hydrogens (primary N) is 1. The number of rotatable bonds is 6. The summed E-state index contributed by atoms with van der Waals surface area (Å²) in [5.41, 5.74) is 12.1. The standard InChI is InChI=1S/C9H12F2N6O4/c10-9(11,6(19)4(3-18)15-16-13)7(20)17-2-1-5(12)14-8(17)21/h1-2,4,6-7,18-20H,3H2,(H2,12,14,21)/t4-,6+,7+/m0/s1. The largest absolute Gasteiger partial charge is 0.396 e. The van der Waals surface area contributed by atoms with Crippen LogP contribution in [0.25, 0.3) is 10.4 Å². The van der Waals surface area contributed by atoms with Crippen LogP contribution in [0.4, 0.5) is 14.6 Å². The second-order valence-corrected chi connectivity index (χ2v) is 3.99. The zero-order chi connectivity index (χ0) is 16.2. The minimum Gasteiger partial charge on any atom is -0.396 e. The topological polar surface area (TPSA) is 170 Å². The summed E-state index contributed by atoms with van der Waals surface area (Å²) in [6.07, 6.45) is -4.76. The first-order chi connectivity index (χ1) is 9.75. The van der Waals surface area contributed by atoms with Crippen LogP contribution in [0.1, 0.15) is 6.23 Å². The van der Waals surface area contributed by atoms with Crippen LogP contribution in [0.3, 0.4) is 0 Å². The molecular formula is C9H12F2N6O4. The Morgan fingerprint density at radius 2 is 2.19 bits per heavy atom. The summed E-state index contributed by atoms with van der Waals surface area (Å²) in [5.74, 6) is -4.54. The number of aromatic nitrogens is 2. The van der Waals surface area contributed by atoms with Gasteiger partial charge in [-0.15, -0.1) is 0 Å². The fraction of sp³-hybridized carbons (Fsp3) is 0.556. The minimum absolute atomic E-state index is 0.143. The lowest BCUT2D eigenvalue weighted by Gasteiger charge is -2.30. The van der Waals surface area contributed by atoms with Crippen molar-refractivity contribution in [2.75, 3.05) is 12.3 Å². The average Bonchev–Trinajstić information content (AvgIpc) is 2.43. The quantitative estimate of drug-likeness (QED) is 0.298. The van der Waals surface area contributed by atoms with Crippen LogP contribution in [0, 0.1) is 0 Å². The van der Waals surface area contributed by atoms with Crippen molar-refractivity contribution in [3.8, 4) is 0 Å². The SMILES string of the molecule is [N-]=[N+]=N[C@@H](CO)[C@@H](O)C(F)(F)[C@@H](O)n1ccc(N)nc1=O. The summed E-state index contributed by atoms with van der Waals surface area (Å²) in [4.78, 5) is 16.7. The summed E-state index contributed by atoms with van der Waals surface area (Å²) in [6.45, 7) is -1.08. The molecule has 0 aromatic carbocycles. The number of nitrogen functional groups attached to an aromatic ring is 1. The van der Waals surface area contributed by atoms with E-state index < -0.39 is 36.6 Å². The molecule has 0 fully saturated rings. The molecule has 0 saturated heterocycles. The summed E-state index contributed by atoms with van der Waals surface area (Å²) in [5, 5.41) is 30.6. The van der Waals surface area contributed by atoms with Crippen LogP contribution in [0.2, 0.25) is 0 Å². The Kier molecular flexibility index (Phi) is 5.16. The van der Waals surface area contributed by atoms with E-state index in [1.807, 2.05) is 0 Å². The van der Waals surface area contributed by atoms with Gasteiger partial charge in [0.15, 0.2) is 0 Å². The van der Waals surface area contributed by atoms with Crippen molar-refractivity contribution in [2.24, 2.45) is 5.11 Å². The second kappa shape index (κ2) is 6.45. The van der Waals surface area contributed by atoms with E-state index in [1.165, 1.54) is 0 Å². The van der Waals surface area contributed by atoms with E-state index in [-0.39, 0.29) is 10.4 Å². The van der Waals surface area contributed by atoms with E-state index in [4.69, 9.17) is 16.4 Å². The van der Waals surface area contributed by atoms with Gasteiger partial charge >= 0.3 is 11.6 Å². The summed E-state index contributed by atoms with van der Waals surface area (Å²) < 4.78 is 28.0. The number of hydrogen-bond donors (Lipinski definition) is 4. The molecule has 1 heterocycles. The predicted octanol–water partition coefficient (Wildman–Crippen LogP) is -1.02. The Labute approximate surface area is 115 Å². The van der Waals surface area contributed by atoms with Crippen LogP contribution in [-0.2, 0) is 0 Å². The molecule has 0 aliphatic carbocycles. The molecule has 1 aromatic heterocycles. The lowest BCUT2D eigenvalue weighted by molar-refractivity contribution is -0.211. The van der Waals surface area contributed by atoms with Crippen molar-refractivity contribution >= 4 is 5.82 Å². The van der Waals surface area contributed by atoms with Gasteiger partial charge in [-0.1, -0.05) is 5.11 Å². The maximum Gasteiger partial charge on any atom is 0.351 e. The molecule has 0 radical (unpaired) electrons. The number of azide groups is 1. The average molecular weight is 306 g/mol. The van der Waals surface area contributed by atoms with Crippen molar-refractivity contribution in [2.45, 2.75) is 24.3 Å². The number of hydrogen-bond acceptors (Lipinski definition) is 7. The van der Waals surface area contributed by atoms with Crippen LogP contribution in [0.5, 0.6) is 0 Å². The highest BCUT2D eigenvalue weighted by Gasteiger charge is 2.50. The van der Waals surface area contributed by atoms with Gasteiger partial charge in [0.05, 0.1) is 12.6 Å². The Balaban J connectivity index is 3.15. The van der Waals surface area contributed by atoms with Crippen LogP contribution >= 0.6 is 0 Å². The normalized spacial score (nSPS) is 15.9. The lowest BCUT2D eigenvalue weighted by atomic mass is 10.0. The third-order valence-electron chi connectivity index (χ3n) is 2.61. The molecule has 0 bridgehead atoms.